The molecule has 0 saturated carbocycles. The van der Waals surface area contributed by atoms with Gasteiger partial charge in [0.1, 0.15) is 6.61 Å². The third-order valence-corrected chi connectivity index (χ3v) is 8.95. The number of unbranched alkanes of at least 4 members (excludes halogenated alkanes) is 8. The molecular formula is C45H74NO8P. The summed E-state index contributed by atoms with van der Waals surface area (Å²) in [4.78, 5) is 34.8. The summed E-state index contributed by atoms with van der Waals surface area (Å²) in [5, 5.41) is 0. The Morgan fingerprint density at radius 3 is 1.56 bits per heavy atom. The number of phosphoric acid groups is 1. The van der Waals surface area contributed by atoms with E-state index < -0.39 is 32.5 Å². The molecule has 10 heteroatoms. The monoisotopic (exact) mass is 788 g/mol. The summed E-state index contributed by atoms with van der Waals surface area (Å²) in [6.07, 6.45) is 51.6. The van der Waals surface area contributed by atoms with Gasteiger partial charge in [-0.25, -0.2) is 4.57 Å². The van der Waals surface area contributed by atoms with Gasteiger partial charge in [-0.05, 0) is 83.5 Å². The molecule has 0 fully saturated rings. The van der Waals surface area contributed by atoms with Crippen molar-refractivity contribution in [1.82, 2.24) is 0 Å². The highest BCUT2D eigenvalue weighted by molar-refractivity contribution is 7.47. The van der Waals surface area contributed by atoms with Crippen LogP contribution < -0.4 is 5.73 Å². The van der Waals surface area contributed by atoms with E-state index in [1.165, 1.54) is 25.7 Å². The summed E-state index contributed by atoms with van der Waals surface area (Å²) in [5.74, 6) is -0.954. The van der Waals surface area contributed by atoms with Gasteiger partial charge in [-0.1, -0.05) is 143 Å². The highest BCUT2D eigenvalue weighted by Crippen LogP contribution is 2.43. The van der Waals surface area contributed by atoms with Gasteiger partial charge in [0.15, 0.2) is 6.10 Å². The zero-order chi connectivity index (χ0) is 40.3. The van der Waals surface area contributed by atoms with Crippen LogP contribution in [0.4, 0.5) is 0 Å². The Morgan fingerprint density at radius 1 is 0.564 bits per heavy atom. The summed E-state index contributed by atoms with van der Waals surface area (Å²) >= 11 is 0. The summed E-state index contributed by atoms with van der Waals surface area (Å²) in [6, 6.07) is 0. The first-order valence-electron chi connectivity index (χ1n) is 20.7. The molecule has 0 aromatic heterocycles. The molecule has 0 spiro atoms. The van der Waals surface area contributed by atoms with Crippen molar-refractivity contribution in [2.24, 2.45) is 5.73 Å². The van der Waals surface area contributed by atoms with Crippen LogP contribution in [0.3, 0.4) is 0 Å². The van der Waals surface area contributed by atoms with Crippen LogP contribution in [0.15, 0.2) is 97.2 Å². The van der Waals surface area contributed by atoms with Crippen LogP contribution in [0.2, 0.25) is 0 Å². The van der Waals surface area contributed by atoms with Crippen molar-refractivity contribution in [1.29, 1.82) is 0 Å². The summed E-state index contributed by atoms with van der Waals surface area (Å²) in [7, 11) is -4.41. The van der Waals surface area contributed by atoms with Crippen molar-refractivity contribution >= 4 is 19.8 Å². The second-order valence-electron chi connectivity index (χ2n) is 13.1. The van der Waals surface area contributed by atoms with E-state index in [1.54, 1.807) is 0 Å². The van der Waals surface area contributed by atoms with E-state index in [1.807, 2.05) is 12.2 Å². The van der Waals surface area contributed by atoms with Crippen molar-refractivity contribution in [2.45, 2.75) is 148 Å². The lowest BCUT2D eigenvalue weighted by atomic mass is 10.1. The van der Waals surface area contributed by atoms with E-state index >= 15 is 0 Å². The minimum absolute atomic E-state index is 0.0344. The minimum atomic E-state index is -4.41. The lowest BCUT2D eigenvalue weighted by Gasteiger charge is -2.19. The smallest absolute Gasteiger partial charge is 0.462 e. The molecule has 0 aliphatic rings. The van der Waals surface area contributed by atoms with Gasteiger partial charge >= 0.3 is 19.8 Å². The van der Waals surface area contributed by atoms with Crippen LogP contribution in [0, 0.1) is 0 Å². The van der Waals surface area contributed by atoms with E-state index in [4.69, 9.17) is 24.3 Å². The molecule has 0 rings (SSSR count). The van der Waals surface area contributed by atoms with Crippen molar-refractivity contribution in [3.63, 3.8) is 0 Å². The molecule has 2 unspecified atom stereocenters. The summed E-state index contributed by atoms with van der Waals surface area (Å²) in [5.41, 5.74) is 5.33. The maximum Gasteiger partial charge on any atom is 0.472 e. The Bertz CT molecular complexity index is 1220. The standard InChI is InChI=1S/C45H74NO8P/c1-3-5-7-9-11-13-15-17-19-20-21-22-24-26-28-30-32-34-36-38-45(48)54-43(42-53-55(49,50)52-40-39-46)41-51-44(47)37-35-33-31-29-27-25-23-18-16-14-12-10-8-6-4-2/h5,7,11-14,17-19,21-23,26,28,32,34,43H,3-4,6,8-10,15-16,20,24-25,27,29-31,33,35-42,46H2,1-2H3,(H,49,50)/b7-5-,13-11-,14-12-,19-17-,22-21-,23-18-,28-26-,34-32-. The maximum atomic E-state index is 12.5. The molecule has 0 aliphatic heterocycles. The Morgan fingerprint density at radius 2 is 1.04 bits per heavy atom. The molecule has 0 amide bonds. The quantitative estimate of drug-likeness (QED) is 0.0273. The molecule has 0 radical (unpaired) electrons. The number of nitrogens with two attached hydrogens (primary N) is 1. The van der Waals surface area contributed by atoms with E-state index in [9.17, 15) is 19.0 Å². The van der Waals surface area contributed by atoms with Crippen LogP contribution in [0.25, 0.3) is 0 Å². The largest absolute Gasteiger partial charge is 0.472 e. The Balaban J connectivity index is 4.37. The lowest BCUT2D eigenvalue weighted by Crippen LogP contribution is -2.29. The molecule has 9 nitrogen and oxygen atoms in total. The molecule has 0 aromatic carbocycles. The fourth-order valence-electron chi connectivity index (χ4n) is 4.92. The van der Waals surface area contributed by atoms with Crippen molar-refractivity contribution < 1.29 is 37.6 Å². The number of phosphoric ester groups is 1. The summed E-state index contributed by atoms with van der Waals surface area (Å²) < 4.78 is 32.6. The molecule has 0 aliphatic carbocycles. The van der Waals surface area contributed by atoms with E-state index in [0.717, 1.165) is 77.0 Å². The number of carbonyl (C=O) groups excluding carboxylic acids is 2. The third kappa shape index (κ3) is 40.4. The first kappa shape index (κ1) is 51.9. The minimum Gasteiger partial charge on any atom is -0.462 e. The van der Waals surface area contributed by atoms with E-state index in [-0.39, 0.29) is 32.6 Å². The van der Waals surface area contributed by atoms with E-state index in [0.29, 0.717) is 12.8 Å². The van der Waals surface area contributed by atoms with Gasteiger partial charge in [0.05, 0.1) is 13.2 Å². The van der Waals surface area contributed by atoms with E-state index in [2.05, 4.69) is 98.9 Å². The number of rotatable bonds is 37. The maximum absolute atomic E-state index is 12.5. The molecule has 55 heavy (non-hydrogen) atoms. The van der Waals surface area contributed by atoms with Gasteiger partial charge in [-0.2, -0.15) is 0 Å². The second-order valence-corrected chi connectivity index (χ2v) is 14.6. The topological polar surface area (TPSA) is 134 Å². The molecule has 0 bridgehead atoms. The average Bonchev–Trinajstić information content (AvgIpc) is 3.17. The van der Waals surface area contributed by atoms with Crippen LogP contribution in [0.5, 0.6) is 0 Å². The zero-order valence-corrected chi connectivity index (χ0v) is 35.0. The Kier molecular flexibility index (Phi) is 38.3. The number of ether oxygens (including phenoxy) is 2. The van der Waals surface area contributed by atoms with Gasteiger partial charge in [0.25, 0.3) is 0 Å². The average molecular weight is 788 g/mol. The Labute approximate surface area is 334 Å². The molecule has 2 atom stereocenters. The zero-order valence-electron chi connectivity index (χ0n) is 34.1. The number of hydrogen-bond acceptors (Lipinski definition) is 8. The van der Waals surface area contributed by atoms with Gasteiger partial charge in [0, 0.05) is 19.4 Å². The third-order valence-electron chi connectivity index (χ3n) is 7.97. The fraction of sp³-hybridized carbons (Fsp3) is 0.600. The first-order chi connectivity index (χ1) is 26.8. The summed E-state index contributed by atoms with van der Waals surface area (Å²) in [6.45, 7) is 3.46. The molecule has 0 saturated heterocycles. The van der Waals surface area contributed by atoms with Crippen molar-refractivity contribution in [2.75, 3.05) is 26.4 Å². The molecule has 0 heterocycles. The molecule has 312 valence electrons. The normalized spacial score (nSPS) is 14.3. The predicted molar refractivity (Wildman–Crippen MR) is 228 cm³/mol. The van der Waals surface area contributed by atoms with Gasteiger partial charge in [-0.15, -0.1) is 0 Å². The number of hydrogen-bond donors (Lipinski definition) is 2. The Hall–Kier alpha value is -3.07. The van der Waals surface area contributed by atoms with Gasteiger partial charge in [-0.3, -0.25) is 18.6 Å². The van der Waals surface area contributed by atoms with Crippen molar-refractivity contribution in [3.8, 4) is 0 Å². The van der Waals surface area contributed by atoms with Crippen LogP contribution in [-0.2, 0) is 32.7 Å². The predicted octanol–water partition coefficient (Wildman–Crippen LogP) is 11.8. The SMILES string of the molecule is CC/C=C\C/C=C\C/C=C\C/C=C\C/C=C\C/C=C\CCC(=O)OC(COC(=O)CCCCCCC/C=C\C/C=C\CCCCC)COP(=O)(O)OCCN. The highest BCUT2D eigenvalue weighted by atomic mass is 31.2. The van der Waals surface area contributed by atoms with Crippen molar-refractivity contribution in [3.05, 3.63) is 97.2 Å². The van der Waals surface area contributed by atoms with Gasteiger partial charge in [0.2, 0.25) is 0 Å². The van der Waals surface area contributed by atoms with Crippen LogP contribution in [0.1, 0.15) is 142 Å². The molecule has 3 N–H and O–H groups in total. The highest BCUT2D eigenvalue weighted by Gasteiger charge is 2.25. The first-order valence-corrected chi connectivity index (χ1v) is 22.2. The fourth-order valence-corrected chi connectivity index (χ4v) is 5.69. The second kappa shape index (κ2) is 40.6. The number of allylic oxidation sites excluding steroid dienone is 16. The van der Waals surface area contributed by atoms with Crippen LogP contribution >= 0.6 is 7.82 Å². The number of carbonyl (C=O) groups is 2. The molecule has 0 aromatic rings. The molecular weight excluding hydrogens is 713 g/mol. The van der Waals surface area contributed by atoms with Gasteiger partial charge < -0.3 is 20.1 Å². The number of esters is 2. The van der Waals surface area contributed by atoms with Crippen LogP contribution in [-0.4, -0.2) is 49.3 Å². The lowest BCUT2D eigenvalue weighted by molar-refractivity contribution is -0.161.